The minimum Gasteiger partial charge on any atom is -0.337 e. The summed E-state index contributed by atoms with van der Waals surface area (Å²) in [6.45, 7) is 3.77. The van der Waals surface area contributed by atoms with Gasteiger partial charge in [0.2, 0.25) is 0 Å². The monoisotopic (exact) mass is 362 g/mol. The first-order valence-corrected chi connectivity index (χ1v) is 8.15. The second-order valence-corrected chi connectivity index (χ2v) is 6.51. The van der Waals surface area contributed by atoms with Crippen molar-refractivity contribution in [2.45, 2.75) is 19.4 Å². The average Bonchev–Trinajstić information content (AvgIpc) is 3.15. The van der Waals surface area contributed by atoms with E-state index < -0.39 is 0 Å². The summed E-state index contributed by atoms with van der Waals surface area (Å²) in [6.07, 6.45) is 2.67. The summed E-state index contributed by atoms with van der Waals surface area (Å²) in [4.78, 5) is 14.5. The van der Waals surface area contributed by atoms with E-state index in [4.69, 9.17) is 0 Å². The minimum absolute atomic E-state index is 0.0347. The predicted molar refractivity (Wildman–Crippen MR) is 89.4 cm³/mol. The van der Waals surface area contributed by atoms with Gasteiger partial charge in [0, 0.05) is 24.1 Å². The number of halogens is 1. The average molecular weight is 363 g/mol. The van der Waals surface area contributed by atoms with Gasteiger partial charge >= 0.3 is 0 Å². The molecule has 6 heteroatoms. The van der Waals surface area contributed by atoms with Crippen LogP contribution < -0.4 is 5.32 Å². The molecular weight excluding hydrogens is 344 g/mol. The van der Waals surface area contributed by atoms with Crippen LogP contribution in [0.1, 0.15) is 22.5 Å². The molecule has 1 aliphatic rings. The van der Waals surface area contributed by atoms with Crippen molar-refractivity contribution in [1.82, 2.24) is 20.0 Å². The molecule has 0 bridgehead atoms. The molecule has 1 saturated heterocycles. The number of carbonyl (C=O) groups is 1. The lowest BCUT2D eigenvalue weighted by Gasteiger charge is -2.23. The third kappa shape index (κ3) is 2.80. The molecule has 0 saturated carbocycles. The Hall–Kier alpha value is -1.66. The molecule has 1 aromatic heterocycles. The highest BCUT2D eigenvalue weighted by Crippen LogP contribution is 2.20. The van der Waals surface area contributed by atoms with E-state index in [1.807, 2.05) is 43.1 Å². The quantitative estimate of drug-likeness (QED) is 0.911. The first kappa shape index (κ1) is 15.2. The Bertz CT molecular complexity index is 691. The summed E-state index contributed by atoms with van der Waals surface area (Å²) >= 11 is 3.46. The van der Waals surface area contributed by atoms with Crippen molar-refractivity contribution < 1.29 is 4.79 Å². The number of amides is 1. The number of aromatic nitrogens is 2. The highest BCUT2D eigenvalue weighted by molar-refractivity contribution is 9.10. The minimum atomic E-state index is 0.0347. The summed E-state index contributed by atoms with van der Waals surface area (Å²) < 4.78 is 2.79. The number of rotatable bonds is 3. The summed E-state index contributed by atoms with van der Waals surface area (Å²) in [5.41, 5.74) is 2.46. The third-order valence-corrected chi connectivity index (χ3v) is 4.69. The fourth-order valence-electron chi connectivity index (χ4n) is 2.81. The van der Waals surface area contributed by atoms with E-state index in [-0.39, 0.29) is 11.9 Å². The number of likely N-dealkylation sites (N-methyl/N-ethyl adjacent to an activating group) is 1. The first-order valence-electron chi connectivity index (χ1n) is 7.36. The molecule has 2 heterocycles. The number of nitrogens with zero attached hydrogens (tertiary/aromatic N) is 3. The number of hydrogen-bond acceptors (Lipinski definition) is 3. The Labute approximate surface area is 138 Å². The molecule has 1 unspecified atom stereocenters. The molecule has 0 spiro atoms. The van der Waals surface area contributed by atoms with Crippen LogP contribution in [0, 0.1) is 6.92 Å². The number of benzene rings is 1. The maximum Gasteiger partial charge on any atom is 0.257 e. The fraction of sp³-hybridized carbons (Fsp3) is 0.375. The molecule has 1 atom stereocenters. The van der Waals surface area contributed by atoms with Crippen molar-refractivity contribution in [3.63, 3.8) is 0 Å². The van der Waals surface area contributed by atoms with Crippen LogP contribution in [-0.4, -0.2) is 46.8 Å². The van der Waals surface area contributed by atoms with Crippen molar-refractivity contribution in [3.05, 3.63) is 46.2 Å². The van der Waals surface area contributed by atoms with Crippen LogP contribution in [0.4, 0.5) is 0 Å². The van der Waals surface area contributed by atoms with Crippen molar-refractivity contribution in [2.75, 3.05) is 20.1 Å². The van der Waals surface area contributed by atoms with E-state index in [9.17, 15) is 4.79 Å². The van der Waals surface area contributed by atoms with Gasteiger partial charge in [-0.25, -0.2) is 4.68 Å². The van der Waals surface area contributed by atoms with Crippen molar-refractivity contribution in [2.24, 2.45) is 0 Å². The number of hydrogen-bond donors (Lipinski definition) is 1. The van der Waals surface area contributed by atoms with E-state index in [1.165, 1.54) is 0 Å². The summed E-state index contributed by atoms with van der Waals surface area (Å²) in [5.74, 6) is 0.0347. The molecule has 1 amide bonds. The topological polar surface area (TPSA) is 50.2 Å². The van der Waals surface area contributed by atoms with Gasteiger partial charge in [0.15, 0.2) is 0 Å². The second-order valence-electron chi connectivity index (χ2n) is 5.60. The highest BCUT2D eigenvalue weighted by Gasteiger charge is 2.26. The standard InChI is InChI=1S/C16H19BrN4O/c1-11-15(16(22)20(2)14-6-7-18-9-14)10-19-21(11)13-5-3-4-12(17)8-13/h3-5,8,10,14,18H,6-7,9H2,1-2H3. The first-order chi connectivity index (χ1) is 10.6. The second kappa shape index (κ2) is 6.22. The molecule has 0 aliphatic carbocycles. The van der Waals surface area contributed by atoms with Crippen molar-refractivity contribution in [1.29, 1.82) is 0 Å². The molecular formula is C16H19BrN4O. The van der Waals surface area contributed by atoms with Crippen LogP contribution in [-0.2, 0) is 0 Å². The van der Waals surface area contributed by atoms with Gasteiger partial charge in [-0.1, -0.05) is 22.0 Å². The van der Waals surface area contributed by atoms with Gasteiger partial charge in [-0.15, -0.1) is 0 Å². The Kier molecular flexibility index (Phi) is 4.31. The van der Waals surface area contributed by atoms with Gasteiger partial charge in [-0.2, -0.15) is 5.10 Å². The lowest BCUT2D eigenvalue weighted by atomic mass is 10.1. The van der Waals surface area contributed by atoms with Crippen LogP contribution in [0.15, 0.2) is 34.9 Å². The predicted octanol–water partition coefficient (Wildman–Crippen LogP) is 2.38. The molecule has 22 heavy (non-hydrogen) atoms. The van der Waals surface area contributed by atoms with Crippen LogP contribution in [0.2, 0.25) is 0 Å². The largest absolute Gasteiger partial charge is 0.337 e. The van der Waals surface area contributed by atoms with Gasteiger partial charge in [0.25, 0.3) is 5.91 Å². The summed E-state index contributed by atoms with van der Waals surface area (Å²) in [7, 11) is 1.87. The maximum absolute atomic E-state index is 12.7. The van der Waals surface area contributed by atoms with E-state index in [2.05, 4.69) is 26.3 Å². The fourth-order valence-corrected chi connectivity index (χ4v) is 3.20. The lowest BCUT2D eigenvalue weighted by Crippen LogP contribution is -2.38. The van der Waals surface area contributed by atoms with E-state index in [0.717, 1.165) is 35.4 Å². The van der Waals surface area contributed by atoms with E-state index >= 15 is 0 Å². The normalized spacial score (nSPS) is 17.7. The van der Waals surface area contributed by atoms with Crippen LogP contribution in [0.5, 0.6) is 0 Å². The molecule has 5 nitrogen and oxygen atoms in total. The SMILES string of the molecule is Cc1c(C(=O)N(C)C2CCNC2)cnn1-c1cccc(Br)c1. The Morgan fingerprint density at radius 3 is 3.00 bits per heavy atom. The summed E-state index contributed by atoms with van der Waals surface area (Å²) in [5, 5.41) is 7.68. The molecule has 1 aromatic carbocycles. The zero-order chi connectivity index (χ0) is 15.7. The van der Waals surface area contributed by atoms with Gasteiger partial charge in [0.1, 0.15) is 0 Å². The zero-order valence-electron chi connectivity index (χ0n) is 12.7. The van der Waals surface area contributed by atoms with Gasteiger partial charge in [-0.3, -0.25) is 4.79 Å². The number of nitrogens with one attached hydrogen (secondary N) is 1. The molecule has 1 aliphatic heterocycles. The van der Waals surface area contributed by atoms with Crippen molar-refractivity contribution in [3.8, 4) is 5.69 Å². The smallest absolute Gasteiger partial charge is 0.257 e. The summed E-state index contributed by atoms with van der Waals surface area (Å²) in [6, 6.07) is 8.15. The zero-order valence-corrected chi connectivity index (χ0v) is 14.3. The van der Waals surface area contributed by atoms with Gasteiger partial charge < -0.3 is 10.2 Å². The van der Waals surface area contributed by atoms with Crippen LogP contribution >= 0.6 is 15.9 Å². The molecule has 0 radical (unpaired) electrons. The Morgan fingerprint density at radius 1 is 1.50 bits per heavy atom. The number of carbonyl (C=O) groups excluding carboxylic acids is 1. The van der Waals surface area contributed by atoms with Gasteiger partial charge in [-0.05, 0) is 38.1 Å². The van der Waals surface area contributed by atoms with E-state index in [0.29, 0.717) is 5.56 Å². The molecule has 2 aromatic rings. The van der Waals surface area contributed by atoms with E-state index in [1.54, 1.807) is 10.9 Å². The Morgan fingerprint density at radius 2 is 2.32 bits per heavy atom. The van der Waals surface area contributed by atoms with Crippen LogP contribution in [0.3, 0.4) is 0 Å². The van der Waals surface area contributed by atoms with Crippen LogP contribution in [0.25, 0.3) is 5.69 Å². The lowest BCUT2D eigenvalue weighted by molar-refractivity contribution is 0.0743. The molecule has 3 rings (SSSR count). The molecule has 1 N–H and O–H groups in total. The molecule has 116 valence electrons. The maximum atomic E-state index is 12.7. The molecule has 1 fully saturated rings. The van der Waals surface area contributed by atoms with Crippen molar-refractivity contribution >= 4 is 21.8 Å². The highest BCUT2D eigenvalue weighted by atomic mass is 79.9. The van der Waals surface area contributed by atoms with Gasteiger partial charge in [0.05, 0.1) is 23.1 Å². The Balaban J connectivity index is 1.88. The third-order valence-electron chi connectivity index (χ3n) is 4.20.